The number of piperidine rings is 1. The summed E-state index contributed by atoms with van der Waals surface area (Å²) in [6, 6.07) is 2.75. The third-order valence-electron chi connectivity index (χ3n) is 3.43. The fourth-order valence-corrected chi connectivity index (χ4v) is 3.44. The Morgan fingerprint density at radius 3 is 2.44 bits per heavy atom. The van der Waals surface area contributed by atoms with Gasteiger partial charge in [0.2, 0.25) is 0 Å². The Balaban J connectivity index is 2.10. The molecule has 1 unspecified atom stereocenters. The highest BCUT2D eigenvalue weighted by molar-refractivity contribution is 7.12. The highest BCUT2D eigenvalue weighted by atomic mass is 32.1. The first-order valence-corrected chi connectivity index (χ1v) is 6.72. The van der Waals surface area contributed by atoms with Crippen LogP contribution in [0.2, 0.25) is 0 Å². The minimum Gasteiger partial charge on any atom is -0.300 e. The smallest absolute Gasteiger partial charge is 0.135 e. The Kier molecular flexibility index (Phi) is 3.45. The number of carbonyl (C=O) groups is 1. The van der Waals surface area contributed by atoms with Crippen molar-refractivity contribution in [1.29, 1.82) is 0 Å². The largest absolute Gasteiger partial charge is 0.300 e. The molecule has 0 bridgehead atoms. The van der Waals surface area contributed by atoms with Gasteiger partial charge in [-0.1, -0.05) is 0 Å². The Labute approximate surface area is 101 Å². The number of Topliss-reactive ketones (excluding diaryl/α,β-unsaturated/α-hetero) is 1. The molecule has 16 heavy (non-hydrogen) atoms. The van der Waals surface area contributed by atoms with Crippen molar-refractivity contribution in [2.45, 2.75) is 39.7 Å². The minimum atomic E-state index is 0.418. The van der Waals surface area contributed by atoms with Crippen LogP contribution in [0.15, 0.2) is 6.07 Å². The van der Waals surface area contributed by atoms with E-state index in [1.54, 1.807) is 0 Å². The van der Waals surface area contributed by atoms with Gasteiger partial charge in [-0.05, 0) is 32.4 Å². The van der Waals surface area contributed by atoms with E-state index in [1.165, 1.54) is 15.3 Å². The molecular formula is C13H19NOS. The van der Waals surface area contributed by atoms with Crippen molar-refractivity contribution in [3.8, 4) is 0 Å². The summed E-state index contributed by atoms with van der Waals surface area (Å²) in [4.78, 5) is 16.4. The zero-order chi connectivity index (χ0) is 11.7. The monoisotopic (exact) mass is 237 g/mol. The van der Waals surface area contributed by atoms with Crippen molar-refractivity contribution in [3.05, 3.63) is 21.4 Å². The summed E-state index contributed by atoms with van der Waals surface area (Å²) in [5.41, 5.74) is 1.44. The van der Waals surface area contributed by atoms with Crippen molar-refractivity contribution in [2.24, 2.45) is 0 Å². The van der Waals surface area contributed by atoms with Crippen LogP contribution >= 0.6 is 11.3 Å². The second-order valence-electron chi connectivity index (χ2n) is 4.62. The highest BCUT2D eigenvalue weighted by Gasteiger charge is 2.23. The lowest BCUT2D eigenvalue weighted by Crippen LogP contribution is -2.35. The number of likely N-dealkylation sites (tertiary alicyclic amines) is 1. The van der Waals surface area contributed by atoms with E-state index in [0.717, 1.165) is 25.9 Å². The second-order valence-corrected chi connectivity index (χ2v) is 6.08. The lowest BCUT2D eigenvalue weighted by molar-refractivity contribution is -0.121. The van der Waals surface area contributed by atoms with Gasteiger partial charge < -0.3 is 0 Å². The normalized spacial score (nSPS) is 20.1. The molecule has 0 saturated carbocycles. The molecule has 2 nitrogen and oxygen atoms in total. The van der Waals surface area contributed by atoms with Gasteiger partial charge >= 0.3 is 0 Å². The first-order chi connectivity index (χ1) is 7.58. The summed E-state index contributed by atoms with van der Waals surface area (Å²) < 4.78 is 0. The van der Waals surface area contributed by atoms with Gasteiger partial charge in [0.1, 0.15) is 5.78 Å². The van der Waals surface area contributed by atoms with Crippen LogP contribution in [0.5, 0.6) is 0 Å². The summed E-state index contributed by atoms with van der Waals surface area (Å²) in [5.74, 6) is 0.418. The van der Waals surface area contributed by atoms with Gasteiger partial charge in [-0.2, -0.15) is 0 Å². The zero-order valence-corrected chi connectivity index (χ0v) is 11.1. The number of ketones is 1. The molecule has 0 spiro atoms. The van der Waals surface area contributed by atoms with E-state index in [0.29, 0.717) is 11.8 Å². The van der Waals surface area contributed by atoms with E-state index >= 15 is 0 Å². The first kappa shape index (κ1) is 11.8. The van der Waals surface area contributed by atoms with E-state index in [9.17, 15) is 4.79 Å². The van der Waals surface area contributed by atoms with Gasteiger partial charge in [-0.15, -0.1) is 11.3 Å². The highest BCUT2D eigenvalue weighted by Crippen LogP contribution is 2.30. The standard InChI is InChI=1S/C13H19NOS/c1-9-8-13(11(3)16-9)10(2)14-6-4-12(15)5-7-14/h8,10H,4-7H2,1-3H3. The molecule has 1 aromatic heterocycles. The third kappa shape index (κ3) is 2.36. The Morgan fingerprint density at radius 2 is 1.94 bits per heavy atom. The van der Waals surface area contributed by atoms with Crippen molar-refractivity contribution in [2.75, 3.05) is 13.1 Å². The molecule has 0 N–H and O–H groups in total. The number of hydrogen-bond acceptors (Lipinski definition) is 3. The SMILES string of the molecule is Cc1cc(C(C)N2CCC(=O)CC2)c(C)s1. The molecule has 1 aliphatic rings. The summed E-state index contributed by atoms with van der Waals surface area (Å²) in [6.07, 6.45) is 1.46. The maximum atomic E-state index is 11.2. The van der Waals surface area contributed by atoms with Gasteiger partial charge in [0.15, 0.2) is 0 Å². The van der Waals surface area contributed by atoms with E-state index in [2.05, 4.69) is 31.7 Å². The molecule has 1 atom stereocenters. The van der Waals surface area contributed by atoms with Gasteiger partial charge in [-0.3, -0.25) is 9.69 Å². The van der Waals surface area contributed by atoms with Crippen LogP contribution in [-0.2, 0) is 4.79 Å². The molecule has 2 heterocycles. The zero-order valence-electron chi connectivity index (χ0n) is 10.2. The summed E-state index contributed by atoms with van der Waals surface area (Å²) in [5, 5.41) is 0. The summed E-state index contributed by atoms with van der Waals surface area (Å²) >= 11 is 1.87. The molecule has 0 radical (unpaired) electrons. The van der Waals surface area contributed by atoms with Crippen LogP contribution in [0.1, 0.15) is 41.1 Å². The van der Waals surface area contributed by atoms with Gasteiger partial charge in [0, 0.05) is 41.7 Å². The maximum Gasteiger partial charge on any atom is 0.135 e. The number of hydrogen-bond donors (Lipinski definition) is 0. The van der Waals surface area contributed by atoms with Crippen LogP contribution in [0, 0.1) is 13.8 Å². The average Bonchev–Trinajstić information content (AvgIpc) is 2.58. The third-order valence-corrected chi connectivity index (χ3v) is 4.41. The molecule has 1 aromatic rings. The van der Waals surface area contributed by atoms with E-state index < -0.39 is 0 Å². The van der Waals surface area contributed by atoms with Crippen LogP contribution in [0.3, 0.4) is 0 Å². The Hall–Kier alpha value is -0.670. The lowest BCUT2D eigenvalue weighted by atomic mass is 10.0. The van der Waals surface area contributed by atoms with Crippen LogP contribution in [-0.4, -0.2) is 23.8 Å². The fourth-order valence-electron chi connectivity index (χ4n) is 2.42. The number of nitrogens with zero attached hydrogens (tertiary/aromatic N) is 1. The van der Waals surface area contributed by atoms with Gasteiger partial charge in [0.05, 0.1) is 0 Å². The van der Waals surface area contributed by atoms with Crippen molar-refractivity contribution >= 4 is 17.1 Å². The van der Waals surface area contributed by atoms with Crippen molar-refractivity contribution in [3.63, 3.8) is 0 Å². The fraction of sp³-hybridized carbons (Fsp3) is 0.615. The number of rotatable bonds is 2. The summed E-state index contributed by atoms with van der Waals surface area (Å²) in [6.45, 7) is 8.46. The Bertz CT molecular complexity index is 387. The number of carbonyl (C=O) groups excluding carboxylic acids is 1. The molecule has 0 amide bonds. The second kappa shape index (κ2) is 4.68. The average molecular weight is 237 g/mol. The van der Waals surface area contributed by atoms with Gasteiger partial charge in [-0.25, -0.2) is 0 Å². The predicted octanol–water partition coefficient (Wildman–Crippen LogP) is 3.09. The molecule has 3 heteroatoms. The van der Waals surface area contributed by atoms with Crippen LogP contribution in [0.4, 0.5) is 0 Å². The topological polar surface area (TPSA) is 20.3 Å². The maximum absolute atomic E-state index is 11.2. The van der Waals surface area contributed by atoms with E-state index in [1.807, 2.05) is 11.3 Å². The molecule has 0 aromatic carbocycles. The molecule has 1 aliphatic heterocycles. The number of aryl methyl sites for hydroxylation is 2. The molecular weight excluding hydrogens is 218 g/mol. The quantitative estimate of drug-likeness (QED) is 0.788. The molecule has 0 aliphatic carbocycles. The number of thiophene rings is 1. The summed E-state index contributed by atoms with van der Waals surface area (Å²) in [7, 11) is 0. The minimum absolute atomic E-state index is 0.418. The van der Waals surface area contributed by atoms with Crippen LogP contribution in [0.25, 0.3) is 0 Å². The van der Waals surface area contributed by atoms with Crippen molar-refractivity contribution < 1.29 is 4.79 Å². The van der Waals surface area contributed by atoms with E-state index in [-0.39, 0.29) is 0 Å². The van der Waals surface area contributed by atoms with Crippen LogP contribution < -0.4 is 0 Å². The first-order valence-electron chi connectivity index (χ1n) is 5.90. The molecule has 88 valence electrons. The predicted molar refractivity (Wildman–Crippen MR) is 68.0 cm³/mol. The van der Waals surface area contributed by atoms with Crippen molar-refractivity contribution in [1.82, 2.24) is 4.90 Å². The molecule has 1 fully saturated rings. The lowest BCUT2D eigenvalue weighted by Gasteiger charge is -2.31. The Morgan fingerprint density at radius 1 is 1.31 bits per heavy atom. The molecule has 2 rings (SSSR count). The van der Waals surface area contributed by atoms with E-state index in [4.69, 9.17) is 0 Å². The van der Waals surface area contributed by atoms with Gasteiger partial charge in [0.25, 0.3) is 0 Å². The molecule has 1 saturated heterocycles.